The second-order valence-corrected chi connectivity index (χ2v) is 3.96. The first-order valence-electron chi connectivity index (χ1n) is 5.89. The number of nitrogens with zero attached hydrogens (tertiary/aromatic N) is 2. The van der Waals surface area contributed by atoms with Crippen molar-refractivity contribution in [2.45, 2.75) is 19.4 Å². The first-order valence-corrected chi connectivity index (χ1v) is 5.89. The minimum absolute atomic E-state index is 0.494. The lowest BCUT2D eigenvalue weighted by molar-refractivity contribution is 0.174. The van der Waals surface area contributed by atoms with Crippen LogP contribution in [0.15, 0.2) is 36.7 Å². The Morgan fingerprint density at radius 3 is 2.50 bits per heavy atom. The number of aromatic nitrogens is 2. The highest BCUT2D eigenvalue weighted by Gasteiger charge is 2.13. The summed E-state index contributed by atoms with van der Waals surface area (Å²) in [7, 11) is 1.58. The molecule has 1 unspecified atom stereocenters. The van der Waals surface area contributed by atoms with E-state index in [4.69, 9.17) is 4.74 Å². The van der Waals surface area contributed by atoms with Gasteiger partial charge in [-0.2, -0.15) is 0 Å². The molecule has 1 aromatic carbocycles. The highest BCUT2D eigenvalue weighted by Crippen LogP contribution is 2.27. The molecule has 0 radical (unpaired) electrons. The van der Waals surface area contributed by atoms with E-state index in [2.05, 4.69) is 9.97 Å². The summed E-state index contributed by atoms with van der Waals surface area (Å²) in [6.45, 7) is 1.94. The third-order valence-corrected chi connectivity index (χ3v) is 2.81. The van der Waals surface area contributed by atoms with Crippen LogP contribution >= 0.6 is 0 Å². The normalized spacial score (nSPS) is 12.2. The van der Waals surface area contributed by atoms with Crippen molar-refractivity contribution in [2.75, 3.05) is 7.11 Å². The fourth-order valence-electron chi connectivity index (χ4n) is 1.77. The van der Waals surface area contributed by atoms with Gasteiger partial charge >= 0.3 is 0 Å². The van der Waals surface area contributed by atoms with Crippen LogP contribution in [0.2, 0.25) is 0 Å². The minimum atomic E-state index is -0.494. The summed E-state index contributed by atoms with van der Waals surface area (Å²) in [4.78, 5) is 8.50. The highest BCUT2D eigenvalue weighted by molar-refractivity contribution is 5.60. The molecule has 0 aliphatic rings. The van der Waals surface area contributed by atoms with Gasteiger partial charge in [-0.25, -0.2) is 9.97 Å². The topological polar surface area (TPSA) is 55.2 Å². The summed E-state index contributed by atoms with van der Waals surface area (Å²) in [5, 5.41) is 9.99. The van der Waals surface area contributed by atoms with Crippen molar-refractivity contribution in [3.05, 3.63) is 42.2 Å². The fourth-order valence-corrected chi connectivity index (χ4v) is 1.77. The monoisotopic (exact) mass is 244 g/mol. The Balaban J connectivity index is 2.43. The molecular weight excluding hydrogens is 228 g/mol. The predicted octanol–water partition coefficient (Wildman–Crippen LogP) is 2.60. The lowest BCUT2D eigenvalue weighted by atomic mass is 10.0. The Bertz CT molecular complexity index is 511. The molecule has 1 atom stereocenters. The van der Waals surface area contributed by atoms with Gasteiger partial charge in [-0.3, -0.25) is 0 Å². The van der Waals surface area contributed by atoms with Crippen LogP contribution in [0.5, 0.6) is 5.75 Å². The van der Waals surface area contributed by atoms with E-state index in [1.54, 1.807) is 19.5 Å². The van der Waals surface area contributed by atoms with Crippen LogP contribution in [-0.4, -0.2) is 22.2 Å². The van der Waals surface area contributed by atoms with Crippen molar-refractivity contribution in [1.82, 2.24) is 9.97 Å². The van der Waals surface area contributed by atoms with Crippen molar-refractivity contribution in [1.29, 1.82) is 0 Å². The van der Waals surface area contributed by atoms with Crippen molar-refractivity contribution in [3.8, 4) is 17.1 Å². The number of ether oxygens (including phenoxy) is 1. The van der Waals surface area contributed by atoms with Gasteiger partial charge in [-0.05, 0) is 12.0 Å². The third-order valence-electron chi connectivity index (χ3n) is 2.81. The van der Waals surface area contributed by atoms with Crippen molar-refractivity contribution >= 4 is 0 Å². The standard InChI is InChI=1S/C14H16N2O2/c1-3-13(17)11-6-4-5-7-12(11)14-15-8-10(18-2)9-16-14/h4-9,13,17H,3H2,1-2H3. The van der Waals surface area contributed by atoms with Gasteiger partial charge in [0.05, 0.1) is 25.6 Å². The average molecular weight is 244 g/mol. The van der Waals surface area contributed by atoms with E-state index >= 15 is 0 Å². The van der Waals surface area contributed by atoms with E-state index in [1.807, 2.05) is 31.2 Å². The van der Waals surface area contributed by atoms with Crippen LogP contribution in [0.3, 0.4) is 0 Å². The molecule has 1 N–H and O–H groups in total. The van der Waals surface area contributed by atoms with E-state index in [9.17, 15) is 5.11 Å². The van der Waals surface area contributed by atoms with Crippen LogP contribution in [0.25, 0.3) is 11.4 Å². The van der Waals surface area contributed by atoms with Gasteiger partial charge in [-0.15, -0.1) is 0 Å². The van der Waals surface area contributed by atoms with Gasteiger partial charge < -0.3 is 9.84 Å². The molecule has 2 aromatic rings. The van der Waals surface area contributed by atoms with E-state index in [-0.39, 0.29) is 0 Å². The van der Waals surface area contributed by atoms with Crippen molar-refractivity contribution in [3.63, 3.8) is 0 Å². The summed E-state index contributed by atoms with van der Waals surface area (Å²) in [5.41, 5.74) is 1.71. The first-order chi connectivity index (χ1) is 8.76. The SMILES string of the molecule is CCC(O)c1ccccc1-c1ncc(OC)cn1. The van der Waals surface area contributed by atoms with Crippen molar-refractivity contribution < 1.29 is 9.84 Å². The second kappa shape index (κ2) is 5.60. The molecule has 0 bridgehead atoms. The summed E-state index contributed by atoms with van der Waals surface area (Å²) < 4.78 is 5.03. The smallest absolute Gasteiger partial charge is 0.159 e. The molecule has 4 nitrogen and oxygen atoms in total. The van der Waals surface area contributed by atoms with E-state index < -0.39 is 6.10 Å². The lowest BCUT2D eigenvalue weighted by Gasteiger charge is -2.13. The molecule has 0 aliphatic heterocycles. The molecule has 0 saturated carbocycles. The molecular formula is C14H16N2O2. The molecule has 0 aliphatic carbocycles. The number of rotatable bonds is 4. The fraction of sp³-hybridized carbons (Fsp3) is 0.286. The number of methoxy groups -OCH3 is 1. The predicted molar refractivity (Wildman–Crippen MR) is 69.3 cm³/mol. The molecule has 18 heavy (non-hydrogen) atoms. The Kier molecular flexibility index (Phi) is 3.89. The summed E-state index contributed by atoms with van der Waals surface area (Å²) in [6.07, 6.45) is 3.41. The van der Waals surface area contributed by atoms with Crippen LogP contribution in [-0.2, 0) is 0 Å². The Morgan fingerprint density at radius 1 is 1.22 bits per heavy atom. The minimum Gasteiger partial charge on any atom is -0.494 e. The largest absolute Gasteiger partial charge is 0.494 e. The van der Waals surface area contributed by atoms with Gasteiger partial charge in [0, 0.05) is 5.56 Å². The van der Waals surface area contributed by atoms with Gasteiger partial charge in [0.1, 0.15) is 0 Å². The van der Waals surface area contributed by atoms with E-state index in [0.29, 0.717) is 18.0 Å². The van der Waals surface area contributed by atoms with Crippen molar-refractivity contribution in [2.24, 2.45) is 0 Å². The zero-order valence-electron chi connectivity index (χ0n) is 10.5. The summed E-state index contributed by atoms with van der Waals surface area (Å²) in [5.74, 6) is 1.21. The molecule has 0 spiro atoms. The molecule has 1 aromatic heterocycles. The molecule has 0 amide bonds. The Labute approximate surface area is 106 Å². The molecule has 94 valence electrons. The van der Waals surface area contributed by atoms with Crippen LogP contribution < -0.4 is 4.74 Å². The first kappa shape index (κ1) is 12.5. The maximum absolute atomic E-state index is 9.99. The molecule has 2 rings (SSSR count). The molecule has 0 saturated heterocycles. The molecule has 1 heterocycles. The zero-order chi connectivity index (χ0) is 13.0. The van der Waals surface area contributed by atoms with E-state index in [1.165, 1.54) is 0 Å². The molecule has 0 fully saturated rings. The number of benzene rings is 1. The third kappa shape index (κ3) is 2.49. The number of aliphatic hydroxyl groups is 1. The van der Waals surface area contributed by atoms with Crippen LogP contribution in [0, 0.1) is 0 Å². The van der Waals surface area contributed by atoms with E-state index in [0.717, 1.165) is 11.1 Å². The molecule has 4 heteroatoms. The summed E-state index contributed by atoms with van der Waals surface area (Å²) in [6, 6.07) is 7.63. The highest BCUT2D eigenvalue weighted by atomic mass is 16.5. The van der Waals surface area contributed by atoms with Gasteiger partial charge in [0.25, 0.3) is 0 Å². The maximum Gasteiger partial charge on any atom is 0.159 e. The van der Waals surface area contributed by atoms with Crippen LogP contribution in [0.4, 0.5) is 0 Å². The second-order valence-electron chi connectivity index (χ2n) is 3.96. The van der Waals surface area contributed by atoms with Gasteiger partial charge in [-0.1, -0.05) is 31.2 Å². The average Bonchev–Trinajstić information content (AvgIpc) is 2.46. The zero-order valence-corrected chi connectivity index (χ0v) is 10.5. The summed E-state index contributed by atoms with van der Waals surface area (Å²) >= 11 is 0. The quantitative estimate of drug-likeness (QED) is 0.898. The lowest BCUT2D eigenvalue weighted by Crippen LogP contribution is -2.00. The Morgan fingerprint density at radius 2 is 1.89 bits per heavy atom. The Hall–Kier alpha value is -1.94. The maximum atomic E-state index is 9.99. The number of aliphatic hydroxyl groups excluding tert-OH is 1. The van der Waals surface area contributed by atoms with Gasteiger partial charge in [0.15, 0.2) is 11.6 Å². The van der Waals surface area contributed by atoms with Gasteiger partial charge in [0.2, 0.25) is 0 Å². The number of hydrogen-bond donors (Lipinski definition) is 1. The number of hydrogen-bond acceptors (Lipinski definition) is 4. The van der Waals surface area contributed by atoms with Crippen LogP contribution in [0.1, 0.15) is 25.0 Å².